The third-order valence-electron chi connectivity index (χ3n) is 3.92. The molecule has 0 bridgehead atoms. The number of imidazole rings is 1. The van der Waals surface area contributed by atoms with Gasteiger partial charge in [0.15, 0.2) is 0 Å². The summed E-state index contributed by atoms with van der Waals surface area (Å²) in [6.45, 7) is 0.706. The lowest BCUT2D eigenvalue weighted by Gasteiger charge is -2.21. The average Bonchev–Trinajstić information content (AvgIpc) is 3.19. The van der Waals surface area contributed by atoms with Crippen molar-refractivity contribution in [3.8, 4) is 17.0 Å². The summed E-state index contributed by atoms with van der Waals surface area (Å²) in [6, 6.07) is 8.31. The highest BCUT2D eigenvalue weighted by atomic mass is 16.5. The molecule has 0 saturated heterocycles. The first-order valence-corrected chi connectivity index (χ1v) is 7.26. The molecule has 0 spiro atoms. The lowest BCUT2D eigenvalue weighted by Crippen LogP contribution is -2.08. The smallest absolute Gasteiger partial charge is 0.126 e. The number of hydrogen-bond acceptors (Lipinski definition) is 3. The largest absolute Gasteiger partial charge is 0.493 e. The molecule has 1 aromatic carbocycles. The van der Waals surface area contributed by atoms with Gasteiger partial charge in [-0.15, -0.1) is 0 Å². The molecule has 0 radical (unpaired) electrons. The van der Waals surface area contributed by atoms with Crippen LogP contribution >= 0.6 is 0 Å². The molecule has 0 fully saturated rings. The molecule has 3 heterocycles. The Morgan fingerprint density at radius 3 is 3.05 bits per heavy atom. The van der Waals surface area contributed by atoms with Gasteiger partial charge in [0.2, 0.25) is 0 Å². The van der Waals surface area contributed by atoms with Crippen LogP contribution in [-0.2, 0) is 7.05 Å². The Labute approximate surface area is 128 Å². The van der Waals surface area contributed by atoms with Crippen LogP contribution in [0, 0.1) is 0 Å². The summed E-state index contributed by atoms with van der Waals surface area (Å²) >= 11 is 0. The molecule has 2 aromatic heterocycles. The van der Waals surface area contributed by atoms with E-state index in [0.29, 0.717) is 6.61 Å². The number of fused-ring (bicyclic) bond motifs is 1. The number of aryl methyl sites for hydroxylation is 1. The van der Waals surface area contributed by atoms with E-state index in [1.54, 1.807) is 6.33 Å². The molecule has 5 nitrogen and oxygen atoms in total. The van der Waals surface area contributed by atoms with Gasteiger partial charge < -0.3 is 9.72 Å². The maximum absolute atomic E-state index is 5.79. The molecular weight excluding hydrogens is 276 g/mol. The lowest BCUT2D eigenvalue weighted by molar-refractivity contribution is 0.317. The highest BCUT2D eigenvalue weighted by Crippen LogP contribution is 2.36. The minimum Gasteiger partial charge on any atom is -0.493 e. The van der Waals surface area contributed by atoms with Gasteiger partial charge in [-0.25, -0.2) is 4.98 Å². The number of benzene rings is 1. The lowest BCUT2D eigenvalue weighted by atomic mass is 9.96. The topological polar surface area (TPSA) is 55.7 Å². The third-order valence-corrected chi connectivity index (χ3v) is 3.92. The van der Waals surface area contributed by atoms with Crippen LogP contribution in [0.15, 0.2) is 43.0 Å². The second-order valence-electron chi connectivity index (χ2n) is 5.33. The molecule has 1 aliphatic rings. The van der Waals surface area contributed by atoms with Gasteiger partial charge in [-0.1, -0.05) is 0 Å². The van der Waals surface area contributed by atoms with E-state index in [4.69, 9.17) is 4.74 Å². The van der Waals surface area contributed by atoms with Crippen molar-refractivity contribution in [2.45, 2.75) is 6.42 Å². The standard InChI is InChI=1S/C17H16N4O/c1-21-16(4-6-20-21)13-2-3-17-15(9-13)12(5-7-22-17)8-14-10-18-11-19-14/h2-4,6,8-11H,5,7H2,1H3,(H,18,19). The number of hydrogen-bond donors (Lipinski definition) is 1. The van der Waals surface area contributed by atoms with Gasteiger partial charge >= 0.3 is 0 Å². The normalized spacial score (nSPS) is 15.6. The second-order valence-corrected chi connectivity index (χ2v) is 5.33. The number of ether oxygens (including phenoxy) is 1. The van der Waals surface area contributed by atoms with Gasteiger partial charge in [0.25, 0.3) is 0 Å². The maximum atomic E-state index is 5.79. The average molecular weight is 292 g/mol. The van der Waals surface area contributed by atoms with Crippen molar-refractivity contribution in [3.05, 3.63) is 54.2 Å². The van der Waals surface area contributed by atoms with E-state index < -0.39 is 0 Å². The van der Waals surface area contributed by atoms with E-state index in [1.165, 1.54) is 5.57 Å². The fourth-order valence-electron chi connectivity index (χ4n) is 2.81. The molecule has 0 aliphatic carbocycles. The number of nitrogens with one attached hydrogen (secondary N) is 1. The molecule has 4 rings (SSSR count). The minimum absolute atomic E-state index is 0.706. The molecule has 0 saturated carbocycles. The van der Waals surface area contributed by atoms with Crippen LogP contribution in [0.4, 0.5) is 0 Å². The first-order chi connectivity index (χ1) is 10.8. The molecule has 110 valence electrons. The summed E-state index contributed by atoms with van der Waals surface area (Å²) in [6.07, 6.45) is 8.36. The highest BCUT2D eigenvalue weighted by Gasteiger charge is 2.17. The number of H-pyrrole nitrogens is 1. The van der Waals surface area contributed by atoms with Crippen LogP contribution in [0.5, 0.6) is 5.75 Å². The van der Waals surface area contributed by atoms with Crippen molar-refractivity contribution in [2.24, 2.45) is 7.05 Å². The molecule has 5 heteroatoms. The van der Waals surface area contributed by atoms with Crippen molar-refractivity contribution >= 4 is 11.6 Å². The first kappa shape index (κ1) is 12.9. The Kier molecular flexibility index (Phi) is 3.04. The van der Waals surface area contributed by atoms with Crippen LogP contribution in [0.2, 0.25) is 0 Å². The van der Waals surface area contributed by atoms with Gasteiger partial charge in [-0.3, -0.25) is 4.68 Å². The van der Waals surface area contributed by atoms with Gasteiger partial charge in [-0.2, -0.15) is 5.10 Å². The predicted octanol–water partition coefficient (Wildman–Crippen LogP) is 3.13. The molecule has 0 atom stereocenters. The van der Waals surface area contributed by atoms with Gasteiger partial charge in [0.05, 0.1) is 30.5 Å². The zero-order valence-corrected chi connectivity index (χ0v) is 12.3. The molecule has 1 aliphatic heterocycles. The fraction of sp³-hybridized carbons (Fsp3) is 0.176. The van der Waals surface area contributed by atoms with E-state index in [0.717, 1.165) is 34.7 Å². The SMILES string of the molecule is Cn1nccc1-c1ccc2c(c1)C(=Cc1cnc[nH]1)CCO2. The van der Waals surface area contributed by atoms with Crippen molar-refractivity contribution in [1.82, 2.24) is 19.7 Å². The van der Waals surface area contributed by atoms with Crippen molar-refractivity contribution in [3.63, 3.8) is 0 Å². The molecule has 1 N–H and O–H groups in total. The van der Waals surface area contributed by atoms with E-state index in [9.17, 15) is 0 Å². The van der Waals surface area contributed by atoms with E-state index in [-0.39, 0.29) is 0 Å². The quantitative estimate of drug-likeness (QED) is 0.789. The Morgan fingerprint density at radius 2 is 2.27 bits per heavy atom. The summed E-state index contributed by atoms with van der Waals surface area (Å²) < 4.78 is 7.67. The Bertz CT molecular complexity index is 830. The fourth-order valence-corrected chi connectivity index (χ4v) is 2.81. The maximum Gasteiger partial charge on any atom is 0.126 e. The van der Waals surface area contributed by atoms with Gasteiger partial charge in [-0.05, 0) is 35.9 Å². The monoisotopic (exact) mass is 292 g/mol. The van der Waals surface area contributed by atoms with Crippen molar-refractivity contribution in [2.75, 3.05) is 6.61 Å². The Hall–Kier alpha value is -2.82. The van der Waals surface area contributed by atoms with Crippen LogP contribution < -0.4 is 4.74 Å². The number of aromatic nitrogens is 4. The van der Waals surface area contributed by atoms with Crippen LogP contribution in [0.1, 0.15) is 17.7 Å². The summed E-state index contributed by atoms with van der Waals surface area (Å²) in [4.78, 5) is 7.19. The summed E-state index contributed by atoms with van der Waals surface area (Å²) in [5.41, 5.74) is 5.64. The first-order valence-electron chi connectivity index (χ1n) is 7.26. The van der Waals surface area contributed by atoms with E-state index in [1.807, 2.05) is 36.3 Å². The van der Waals surface area contributed by atoms with Crippen molar-refractivity contribution < 1.29 is 4.74 Å². The van der Waals surface area contributed by atoms with Gasteiger partial charge in [0, 0.05) is 30.8 Å². The zero-order valence-electron chi connectivity index (χ0n) is 12.3. The van der Waals surface area contributed by atoms with Crippen LogP contribution in [-0.4, -0.2) is 26.4 Å². The molecular formula is C17H16N4O. The second kappa shape index (κ2) is 5.18. The van der Waals surface area contributed by atoms with E-state index >= 15 is 0 Å². The third kappa shape index (κ3) is 2.20. The van der Waals surface area contributed by atoms with Gasteiger partial charge in [0.1, 0.15) is 5.75 Å². The predicted molar refractivity (Wildman–Crippen MR) is 85.2 cm³/mol. The van der Waals surface area contributed by atoms with E-state index in [2.05, 4.69) is 33.3 Å². The number of aromatic amines is 1. The molecule has 22 heavy (non-hydrogen) atoms. The van der Waals surface area contributed by atoms with Crippen LogP contribution in [0.25, 0.3) is 22.9 Å². The molecule has 3 aromatic rings. The van der Waals surface area contributed by atoms with Crippen LogP contribution in [0.3, 0.4) is 0 Å². The Balaban J connectivity index is 1.81. The number of nitrogens with zero attached hydrogens (tertiary/aromatic N) is 3. The zero-order chi connectivity index (χ0) is 14.9. The molecule has 0 amide bonds. The highest BCUT2D eigenvalue weighted by molar-refractivity contribution is 5.85. The summed E-state index contributed by atoms with van der Waals surface area (Å²) in [7, 11) is 1.95. The summed E-state index contributed by atoms with van der Waals surface area (Å²) in [5, 5.41) is 4.24. The summed E-state index contributed by atoms with van der Waals surface area (Å²) in [5.74, 6) is 0.933. The number of rotatable bonds is 2. The Morgan fingerprint density at radius 1 is 1.32 bits per heavy atom. The minimum atomic E-state index is 0.706. The molecule has 0 unspecified atom stereocenters. The van der Waals surface area contributed by atoms with Crippen molar-refractivity contribution in [1.29, 1.82) is 0 Å².